The van der Waals surface area contributed by atoms with Crippen LogP contribution in [0.5, 0.6) is 0 Å². The first-order chi connectivity index (χ1) is 9.56. The molecule has 0 aromatic heterocycles. The van der Waals surface area contributed by atoms with E-state index in [1.807, 2.05) is 13.8 Å². The zero-order chi connectivity index (χ0) is 15.0. The molecule has 0 heterocycles. The lowest BCUT2D eigenvalue weighted by Gasteiger charge is -2.11. The van der Waals surface area contributed by atoms with Gasteiger partial charge < -0.3 is 10.6 Å². The second-order valence-corrected chi connectivity index (χ2v) is 4.73. The minimum absolute atomic E-state index is 0.0173. The molecule has 1 rings (SSSR count). The van der Waals surface area contributed by atoms with Crippen molar-refractivity contribution in [3.05, 3.63) is 35.1 Å². The van der Waals surface area contributed by atoms with E-state index in [0.29, 0.717) is 19.5 Å². The zero-order valence-corrected chi connectivity index (χ0v) is 11.9. The van der Waals surface area contributed by atoms with Gasteiger partial charge in [0.15, 0.2) is 0 Å². The molecule has 0 aliphatic carbocycles. The van der Waals surface area contributed by atoms with Crippen molar-refractivity contribution in [1.29, 1.82) is 5.26 Å². The van der Waals surface area contributed by atoms with E-state index in [1.54, 1.807) is 12.1 Å². The highest BCUT2D eigenvalue weighted by atomic mass is 19.1. The maximum atomic E-state index is 13.1. The molecule has 0 saturated heterocycles. The molecule has 0 aliphatic rings. The number of hydrogen-bond acceptors (Lipinski definition) is 3. The van der Waals surface area contributed by atoms with Gasteiger partial charge in [-0.05, 0) is 31.0 Å². The fraction of sp³-hybridized carbons (Fsp3) is 0.467. The predicted octanol–water partition coefficient (Wildman–Crippen LogP) is 2.09. The van der Waals surface area contributed by atoms with E-state index in [-0.39, 0.29) is 17.5 Å². The summed E-state index contributed by atoms with van der Waals surface area (Å²) in [4.78, 5) is 11.5. The summed E-state index contributed by atoms with van der Waals surface area (Å²) in [5, 5.41) is 14.7. The summed E-state index contributed by atoms with van der Waals surface area (Å²) in [5.41, 5.74) is 0.865. The quantitative estimate of drug-likeness (QED) is 0.750. The van der Waals surface area contributed by atoms with E-state index in [9.17, 15) is 9.18 Å². The van der Waals surface area contributed by atoms with E-state index in [0.717, 1.165) is 12.0 Å². The Morgan fingerprint density at radius 1 is 1.50 bits per heavy atom. The van der Waals surface area contributed by atoms with Gasteiger partial charge in [-0.15, -0.1) is 0 Å². The van der Waals surface area contributed by atoms with Gasteiger partial charge in [0.25, 0.3) is 0 Å². The first-order valence-corrected chi connectivity index (χ1v) is 6.75. The third kappa shape index (κ3) is 5.37. The van der Waals surface area contributed by atoms with Crippen molar-refractivity contribution in [2.75, 3.05) is 6.54 Å². The Labute approximate surface area is 119 Å². The molecule has 0 aliphatic heterocycles. The van der Waals surface area contributed by atoms with Crippen molar-refractivity contribution in [1.82, 2.24) is 10.6 Å². The van der Waals surface area contributed by atoms with Crippen LogP contribution in [-0.4, -0.2) is 18.5 Å². The van der Waals surface area contributed by atoms with Gasteiger partial charge in [-0.1, -0.05) is 13.0 Å². The molecule has 1 unspecified atom stereocenters. The topological polar surface area (TPSA) is 64.9 Å². The van der Waals surface area contributed by atoms with Crippen LogP contribution in [0.15, 0.2) is 18.2 Å². The van der Waals surface area contributed by atoms with Gasteiger partial charge in [0, 0.05) is 25.6 Å². The maximum Gasteiger partial charge on any atom is 0.221 e. The maximum absolute atomic E-state index is 13.1. The number of hydrogen-bond donors (Lipinski definition) is 2. The van der Waals surface area contributed by atoms with Crippen molar-refractivity contribution in [2.45, 2.75) is 39.3 Å². The van der Waals surface area contributed by atoms with E-state index >= 15 is 0 Å². The highest BCUT2D eigenvalue weighted by molar-refractivity contribution is 5.76. The van der Waals surface area contributed by atoms with Crippen LogP contribution in [-0.2, 0) is 11.3 Å². The molecule has 1 amide bonds. The number of nitriles is 1. The number of benzene rings is 1. The molecular weight excluding hydrogens is 257 g/mol. The van der Waals surface area contributed by atoms with Crippen LogP contribution in [0.25, 0.3) is 0 Å². The lowest BCUT2D eigenvalue weighted by molar-refractivity contribution is -0.121. The lowest BCUT2D eigenvalue weighted by atomic mass is 10.1. The lowest BCUT2D eigenvalue weighted by Crippen LogP contribution is -2.33. The van der Waals surface area contributed by atoms with Crippen molar-refractivity contribution in [3.8, 4) is 6.07 Å². The number of halogens is 1. The Morgan fingerprint density at radius 2 is 2.25 bits per heavy atom. The third-order valence-electron chi connectivity index (χ3n) is 3.03. The van der Waals surface area contributed by atoms with Crippen molar-refractivity contribution in [2.24, 2.45) is 0 Å². The standard InChI is InChI=1S/C15H20FN3O/c1-3-11(2)19-15(20)6-7-18-10-12-4-5-14(16)13(8-12)9-17/h4-5,8,11,18H,3,6-7,10H2,1-2H3,(H,19,20). The van der Waals surface area contributed by atoms with Crippen LogP contribution >= 0.6 is 0 Å². The van der Waals surface area contributed by atoms with E-state index in [2.05, 4.69) is 10.6 Å². The summed E-state index contributed by atoms with van der Waals surface area (Å²) in [7, 11) is 0. The average molecular weight is 277 g/mol. The number of amides is 1. The highest BCUT2D eigenvalue weighted by Gasteiger charge is 2.05. The minimum Gasteiger partial charge on any atom is -0.354 e. The normalized spacial score (nSPS) is 11.7. The van der Waals surface area contributed by atoms with Crippen LogP contribution in [0.2, 0.25) is 0 Å². The zero-order valence-electron chi connectivity index (χ0n) is 11.9. The van der Waals surface area contributed by atoms with Crippen molar-refractivity contribution >= 4 is 5.91 Å². The van der Waals surface area contributed by atoms with Crippen LogP contribution in [0.1, 0.15) is 37.8 Å². The van der Waals surface area contributed by atoms with E-state index < -0.39 is 5.82 Å². The van der Waals surface area contributed by atoms with Gasteiger partial charge in [-0.3, -0.25) is 4.79 Å². The van der Waals surface area contributed by atoms with E-state index in [4.69, 9.17) is 5.26 Å². The molecule has 0 spiro atoms. The number of rotatable bonds is 7. The number of carbonyl (C=O) groups excluding carboxylic acids is 1. The van der Waals surface area contributed by atoms with Gasteiger partial charge in [0.05, 0.1) is 5.56 Å². The smallest absolute Gasteiger partial charge is 0.221 e. The number of carbonyl (C=O) groups is 1. The molecule has 2 N–H and O–H groups in total. The SMILES string of the molecule is CCC(C)NC(=O)CCNCc1ccc(F)c(C#N)c1. The van der Waals surface area contributed by atoms with Gasteiger partial charge in [-0.2, -0.15) is 5.26 Å². The van der Waals surface area contributed by atoms with Crippen molar-refractivity contribution < 1.29 is 9.18 Å². The van der Waals surface area contributed by atoms with Gasteiger partial charge in [0.1, 0.15) is 11.9 Å². The van der Waals surface area contributed by atoms with Crippen LogP contribution in [0.3, 0.4) is 0 Å². The highest BCUT2D eigenvalue weighted by Crippen LogP contribution is 2.09. The molecule has 108 valence electrons. The molecule has 1 atom stereocenters. The Bertz CT molecular complexity index is 496. The monoisotopic (exact) mass is 277 g/mol. The minimum atomic E-state index is -0.510. The molecule has 0 bridgehead atoms. The molecule has 1 aromatic rings. The third-order valence-corrected chi connectivity index (χ3v) is 3.03. The average Bonchev–Trinajstić information content (AvgIpc) is 2.45. The molecule has 4 nitrogen and oxygen atoms in total. The fourth-order valence-electron chi connectivity index (χ4n) is 1.65. The number of nitrogens with zero attached hydrogens (tertiary/aromatic N) is 1. The first-order valence-electron chi connectivity index (χ1n) is 6.75. The summed E-state index contributed by atoms with van der Waals surface area (Å²) < 4.78 is 13.1. The number of nitrogens with one attached hydrogen (secondary N) is 2. The summed E-state index contributed by atoms with van der Waals surface area (Å²) in [6.07, 6.45) is 1.31. The Hall–Kier alpha value is -1.93. The second kappa shape index (κ2) is 8.28. The molecular formula is C15H20FN3O. The summed E-state index contributed by atoms with van der Waals surface area (Å²) in [6, 6.07) is 6.42. The molecule has 0 radical (unpaired) electrons. The van der Waals surface area contributed by atoms with Gasteiger partial charge in [0.2, 0.25) is 5.91 Å². The van der Waals surface area contributed by atoms with Crippen LogP contribution in [0.4, 0.5) is 4.39 Å². The predicted molar refractivity (Wildman–Crippen MR) is 75.3 cm³/mol. The second-order valence-electron chi connectivity index (χ2n) is 4.73. The Kier molecular flexibility index (Phi) is 6.68. The molecule has 20 heavy (non-hydrogen) atoms. The summed E-state index contributed by atoms with van der Waals surface area (Å²) in [5.74, 6) is -0.493. The largest absolute Gasteiger partial charge is 0.354 e. The Morgan fingerprint density at radius 3 is 2.90 bits per heavy atom. The van der Waals surface area contributed by atoms with E-state index in [1.165, 1.54) is 12.1 Å². The van der Waals surface area contributed by atoms with Gasteiger partial charge in [-0.25, -0.2) is 4.39 Å². The molecule has 0 saturated carbocycles. The first kappa shape index (κ1) is 16.1. The fourth-order valence-corrected chi connectivity index (χ4v) is 1.65. The summed E-state index contributed by atoms with van der Waals surface area (Å²) >= 11 is 0. The molecule has 0 fully saturated rings. The Balaban J connectivity index is 2.31. The van der Waals surface area contributed by atoms with Crippen LogP contribution in [0, 0.1) is 17.1 Å². The molecule has 1 aromatic carbocycles. The van der Waals surface area contributed by atoms with Gasteiger partial charge >= 0.3 is 0 Å². The summed E-state index contributed by atoms with van der Waals surface area (Å²) in [6.45, 7) is 5.03. The molecule has 5 heteroatoms. The van der Waals surface area contributed by atoms with Crippen molar-refractivity contribution in [3.63, 3.8) is 0 Å². The van der Waals surface area contributed by atoms with Crippen LogP contribution < -0.4 is 10.6 Å².